The molecule has 0 aliphatic heterocycles. The highest BCUT2D eigenvalue weighted by Gasteiger charge is 2.30. The highest BCUT2D eigenvalue weighted by atomic mass is 19.4. The molecule has 1 unspecified atom stereocenters. The van der Waals surface area contributed by atoms with Crippen molar-refractivity contribution < 1.29 is 47.0 Å². The van der Waals surface area contributed by atoms with Gasteiger partial charge in [0.25, 0.3) is 5.56 Å². The minimum Gasteiger partial charge on any atom is -0.481 e. The zero-order valence-electron chi connectivity index (χ0n) is 23.1. The van der Waals surface area contributed by atoms with E-state index in [4.69, 9.17) is 9.84 Å². The summed E-state index contributed by atoms with van der Waals surface area (Å²) in [5, 5.41) is 16.1. The number of ether oxygens (including phenoxy) is 1. The Labute approximate surface area is 243 Å². The molecule has 0 saturated carbocycles. The fourth-order valence-electron chi connectivity index (χ4n) is 3.59. The molecule has 4 N–H and O–H groups in total. The summed E-state index contributed by atoms with van der Waals surface area (Å²) in [5.74, 6) is -3.94. The van der Waals surface area contributed by atoms with Gasteiger partial charge < -0.3 is 30.4 Å². The molecule has 12 nitrogen and oxygen atoms in total. The number of halogens is 3. The van der Waals surface area contributed by atoms with Gasteiger partial charge in [-0.1, -0.05) is 18.2 Å². The van der Waals surface area contributed by atoms with E-state index in [2.05, 4.69) is 16.0 Å². The second-order valence-electron chi connectivity index (χ2n) is 9.06. The molecule has 2 aromatic rings. The molecule has 0 bridgehead atoms. The van der Waals surface area contributed by atoms with Crippen LogP contribution in [0.3, 0.4) is 0 Å². The molecule has 0 aliphatic carbocycles. The van der Waals surface area contributed by atoms with E-state index in [1.165, 1.54) is 36.5 Å². The van der Waals surface area contributed by atoms with E-state index in [1.807, 2.05) is 0 Å². The van der Waals surface area contributed by atoms with Gasteiger partial charge in [-0.3, -0.25) is 24.0 Å². The highest BCUT2D eigenvalue weighted by Crippen LogP contribution is 2.29. The van der Waals surface area contributed by atoms with Gasteiger partial charge in [-0.25, -0.2) is 4.79 Å². The summed E-state index contributed by atoms with van der Waals surface area (Å²) in [6, 6.07) is 5.68. The van der Waals surface area contributed by atoms with Crippen LogP contribution >= 0.6 is 0 Å². The lowest BCUT2D eigenvalue weighted by Gasteiger charge is -2.18. The van der Waals surface area contributed by atoms with Gasteiger partial charge in [0.15, 0.2) is 0 Å². The summed E-state index contributed by atoms with van der Waals surface area (Å²) in [4.78, 5) is 72.8. The average Bonchev–Trinajstić information content (AvgIpc) is 2.94. The van der Waals surface area contributed by atoms with E-state index in [0.29, 0.717) is 5.56 Å². The topological polar surface area (TPSA) is 173 Å². The van der Waals surface area contributed by atoms with Gasteiger partial charge >= 0.3 is 18.1 Å². The van der Waals surface area contributed by atoms with Gasteiger partial charge in [0.1, 0.15) is 18.3 Å². The lowest BCUT2D eigenvalue weighted by Crippen LogP contribution is -2.44. The summed E-state index contributed by atoms with van der Waals surface area (Å²) in [6.45, 7) is 1.25. The summed E-state index contributed by atoms with van der Waals surface area (Å²) in [6.07, 6.45) is -1.33. The van der Waals surface area contributed by atoms with Gasteiger partial charge in [-0.2, -0.15) is 13.2 Å². The lowest BCUT2D eigenvalue weighted by molar-refractivity contribution is -0.139. The molecule has 15 heteroatoms. The number of amides is 3. The minimum absolute atomic E-state index is 0.00602. The maximum Gasteiger partial charge on any atom is 0.416 e. The fourth-order valence-corrected chi connectivity index (χ4v) is 3.59. The second-order valence-corrected chi connectivity index (χ2v) is 9.06. The van der Waals surface area contributed by atoms with Crippen LogP contribution in [0.2, 0.25) is 0 Å². The normalized spacial score (nSPS) is 11.9. The van der Waals surface area contributed by atoms with Crippen LogP contribution in [0.1, 0.15) is 43.7 Å². The van der Waals surface area contributed by atoms with Crippen molar-refractivity contribution in [1.82, 2.24) is 15.2 Å². The third-order valence-corrected chi connectivity index (χ3v) is 5.74. The van der Waals surface area contributed by atoms with Crippen LogP contribution in [-0.2, 0) is 48.0 Å². The first-order valence-electron chi connectivity index (χ1n) is 13.1. The third kappa shape index (κ3) is 12.2. The number of aliphatic carboxylic acids is 1. The number of alkyl halides is 3. The number of allylic oxidation sites excluding steroid dienone is 1. The first kappa shape index (κ1) is 34.3. The Bertz CT molecular complexity index is 1390. The van der Waals surface area contributed by atoms with Crippen molar-refractivity contribution in [3.05, 3.63) is 76.2 Å². The minimum atomic E-state index is -4.49. The van der Waals surface area contributed by atoms with E-state index in [0.717, 1.165) is 22.8 Å². The molecule has 1 atom stereocenters. The summed E-state index contributed by atoms with van der Waals surface area (Å²) in [7, 11) is 0. The Morgan fingerprint density at radius 1 is 1.05 bits per heavy atom. The van der Waals surface area contributed by atoms with Crippen LogP contribution in [0.4, 0.5) is 18.9 Å². The number of hydrogen-bond donors (Lipinski definition) is 4. The first-order chi connectivity index (χ1) is 20.3. The number of aromatic nitrogens is 1. The van der Waals surface area contributed by atoms with Crippen LogP contribution in [0.5, 0.6) is 0 Å². The number of nitrogens with one attached hydrogen (secondary N) is 3. The van der Waals surface area contributed by atoms with Gasteiger partial charge in [-0.15, -0.1) is 0 Å². The van der Waals surface area contributed by atoms with Crippen LogP contribution in [0.25, 0.3) is 0 Å². The monoisotopic (exact) mass is 608 g/mol. The molecule has 1 heterocycles. The highest BCUT2D eigenvalue weighted by molar-refractivity contribution is 5.97. The molecule has 232 valence electrons. The number of esters is 1. The summed E-state index contributed by atoms with van der Waals surface area (Å²) < 4.78 is 43.9. The van der Waals surface area contributed by atoms with E-state index >= 15 is 0 Å². The number of anilines is 1. The van der Waals surface area contributed by atoms with Crippen molar-refractivity contribution in [1.29, 1.82) is 0 Å². The van der Waals surface area contributed by atoms with Crippen LogP contribution < -0.4 is 21.5 Å². The fraction of sp³-hybridized carbons (Fsp3) is 0.357. The van der Waals surface area contributed by atoms with Gasteiger partial charge in [0.05, 0.1) is 18.6 Å². The second kappa shape index (κ2) is 16.5. The van der Waals surface area contributed by atoms with E-state index in [1.54, 1.807) is 6.92 Å². The van der Waals surface area contributed by atoms with Crippen LogP contribution in [-0.4, -0.2) is 52.0 Å². The molecule has 0 aliphatic rings. The van der Waals surface area contributed by atoms with Crippen LogP contribution in [0, 0.1) is 0 Å². The van der Waals surface area contributed by atoms with Crippen molar-refractivity contribution in [2.24, 2.45) is 0 Å². The number of pyridine rings is 1. The molecular weight excluding hydrogens is 577 g/mol. The number of carboxylic acids is 1. The number of carbonyl (C=O) groups is 5. The van der Waals surface area contributed by atoms with Crippen LogP contribution in [0.15, 0.2) is 59.5 Å². The predicted octanol–water partition coefficient (Wildman–Crippen LogP) is 2.37. The van der Waals surface area contributed by atoms with Crippen molar-refractivity contribution in [3.8, 4) is 0 Å². The standard InChI is InChI=1S/C28H31F3N4O8/c1-2-43-25(40)8-4-3-6-20(33-22(36)13-14-24(38)39)26(41)34-21-7-5-15-35(27(21)42)17-23(37)32-16-18-9-11-19(12-10-18)28(29,30)31/h4-5,7-12,15,20H,2-3,6,13-14,16-17H2,1H3,(H,32,37)(H,33,36)(H,34,41)(H,38,39). The molecule has 3 amide bonds. The van der Waals surface area contributed by atoms with E-state index in [9.17, 15) is 41.9 Å². The van der Waals surface area contributed by atoms with Crippen molar-refractivity contribution in [2.45, 2.75) is 57.9 Å². The van der Waals surface area contributed by atoms with Crippen molar-refractivity contribution in [3.63, 3.8) is 0 Å². The summed E-state index contributed by atoms with van der Waals surface area (Å²) >= 11 is 0. The number of carboxylic acid groups (broad SMARTS) is 1. The molecular formula is C28H31F3N4O8. The number of benzene rings is 1. The zero-order valence-corrected chi connectivity index (χ0v) is 23.1. The zero-order chi connectivity index (χ0) is 32.0. The lowest BCUT2D eigenvalue weighted by atomic mass is 10.1. The third-order valence-electron chi connectivity index (χ3n) is 5.74. The Balaban J connectivity index is 2.06. The van der Waals surface area contributed by atoms with Gasteiger partial charge in [0, 0.05) is 25.2 Å². The van der Waals surface area contributed by atoms with Gasteiger partial charge in [0.2, 0.25) is 17.7 Å². The molecule has 0 spiro atoms. The number of hydrogen-bond acceptors (Lipinski definition) is 7. The molecule has 0 radical (unpaired) electrons. The number of nitrogens with zero attached hydrogens (tertiary/aromatic N) is 1. The van der Waals surface area contributed by atoms with E-state index < -0.39 is 72.4 Å². The molecule has 43 heavy (non-hydrogen) atoms. The maximum atomic E-state index is 13.0. The molecule has 1 aromatic heterocycles. The van der Waals surface area contributed by atoms with Crippen molar-refractivity contribution >= 4 is 35.3 Å². The Hall–Kier alpha value is -4.95. The molecule has 2 rings (SSSR count). The predicted molar refractivity (Wildman–Crippen MR) is 146 cm³/mol. The number of carbonyl (C=O) groups excluding carboxylic acids is 4. The first-order valence-corrected chi connectivity index (χ1v) is 13.1. The Kier molecular flexibility index (Phi) is 13.1. The Morgan fingerprint density at radius 3 is 2.37 bits per heavy atom. The summed E-state index contributed by atoms with van der Waals surface area (Å²) in [5.41, 5.74) is -1.39. The van der Waals surface area contributed by atoms with E-state index in [-0.39, 0.29) is 31.7 Å². The largest absolute Gasteiger partial charge is 0.481 e. The maximum absolute atomic E-state index is 13.0. The smallest absolute Gasteiger partial charge is 0.416 e. The molecule has 1 aromatic carbocycles. The SMILES string of the molecule is CCOC(=O)C=CCCC(NC(=O)CCC(=O)O)C(=O)Nc1cccn(CC(=O)NCc2ccc(C(F)(F)F)cc2)c1=O. The molecule has 0 fully saturated rings. The van der Waals surface area contributed by atoms with Gasteiger partial charge in [-0.05, 0) is 49.6 Å². The Morgan fingerprint density at radius 2 is 1.74 bits per heavy atom. The van der Waals surface area contributed by atoms with Crippen molar-refractivity contribution in [2.75, 3.05) is 11.9 Å². The average molecular weight is 609 g/mol. The number of rotatable bonds is 15. The quantitative estimate of drug-likeness (QED) is 0.176. The molecule has 0 saturated heterocycles.